The van der Waals surface area contributed by atoms with Gasteiger partial charge in [-0.15, -0.1) is 0 Å². The molecule has 1 aliphatic carbocycles. The summed E-state index contributed by atoms with van der Waals surface area (Å²) in [7, 11) is 1.31. The Balaban J connectivity index is 2.00. The Morgan fingerprint density at radius 3 is 2.34 bits per heavy atom. The van der Waals surface area contributed by atoms with Crippen LogP contribution in [0.5, 0.6) is 0 Å². The lowest BCUT2D eigenvalue weighted by atomic mass is 9.80. The van der Waals surface area contributed by atoms with Crippen LogP contribution in [0.3, 0.4) is 0 Å². The highest BCUT2D eigenvalue weighted by molar-refractivity contribution is 7.98. The lowest BCUT2D eigenvalue weighted by molar-refractivity contribution is -0.143. The van der Waals surface area contributed by atoms with E-state index in [9.17, 15) is 9.59 Å². The Bertz CT molecular complexity index is 836. The third-order valence-electron chi connectivity index (χ3n) is 5.03. The number of ketones is 1. The second-order valence-electron chi connectivity index (χ2n) is 8.60. The van der Waals surface area contributed by atoms with Crippen LogP contribution < -0.4 is 4.72 Å². The van der Waals surface area contributed by atoms with Crippen molar-refractivity contribution in [3.8, 4) is 0 Å². The first-order chi connectivity index (χ1) is 13.7. The Morgan fingerprint density at radius 1 is 1.14 bits per heavy atom. The minimum Gasteiger partial charge on any atom is -0.469 e. The third-order valence-corrected chi connectivity index (χ3v) is 6.78. The van der Waals surface area contributed by atoms with Crippen LogP contribution in [0.1, 0.15) is 69.1 Å². The normalized spacial score (nSPS) is 16.3. The Morgan fingerprint density at radius 2 is 1.83 bits per heavy atom. The zero-order valence-corrected chi connectivity index (χ0v) is 19.1. The van der Waals surface area contributed by atoms with Crippen molar-refractivity contribution in [1.82, 2.24) is 4.72 Å². The highest BCUT2D eigenvalue weighted by atomic mass is 32.2. The molecule has 0 aliphatic heterocycles. The summed E-state index contributed by atoms with van der Waals surface area (Å²) >= 11 is 3.22. The van der Waals surface area contributed by atoms with E-state index in [1.54, 1.807) is 23.3 Å². The first-order valence-corrected chi connectivity index (χ1v) is 11.7. The molecule has 0 spiro atoms. The maximum Gasteiger partial charge on any atom is 0.313 e. The summed E-state index contributed by atoms with van der Waals surface area (Å²) in [6, 6.07) is 10.7. The molecule has 0 bridgehead atoms. The highest BCUT2D eigenvalue weighted by Gasteiger charge is 2.39. The molecule has 1 atom stereocenters. The Hall–Kier alpha value is -1.63. The number of carbonyl (C=O) groups is 2. The zero-order valence-electron chi connectivity index (χ0n) is 17.5. The molecule has 0 saturated heterocycles. The summed E-state index contributed by atoms with van der Waals surface area (Å²) in [5.41, 5.74) is 2.73. The first-order valence-electron chi connectivity index (χ1n) is 9.90. The predicted octanol–water partition coefficient (Wildman–Crippen LogP) is 5.43. The average Bonchev–Trinajstić information content (AvgIpc) is 3.38. The summed E-state index contributed by atoms with van der Waals surface area (Å²) in [5, 5.41) is 4.10. The van der Waals surface area contributed by atoms with Gasteiger partial charge in [0.15, 0.2) is 0 Å². The standard InChI is InChI=1S/C23H29NO3S2/c1-22(2,3)29-24-23(19-11-12-28-15-19,14-20(25)13-21(26)27-4)18-9-7-17(8-10-18)16-5-6-16/h7-12,15-16,24H,5-6,13-14H2,1-4H3. The molecule has 1 unspecified atom stereocenters. The first kappa shape index (κ1) is 22.1. The number of Topliss-reactive ketones (excluding diaryl/α,β-unsaturated/α-hetero) is 1. The van der Waals surface area contributed by atoms with Crippen LogP contribution >= 0.6 is 23.3 Å². The van der Waals surface area contributed by atoms with E-state index in [1.165, 1.54) is 25.5 Å². The van der Waals surface area contributed by atoms with Crippen LogP contribution in [-0.2, 0) is 19.9 Å². The SMILES string of the molecule is COC(=O)CC(=O)CC(NSC(C)(C)C)(c1ccc(C2CC2)cc1)c1ccsc1. The van der Waals surface area contributed by atoms with Gasteiger partial charge in [-0.25, -0.2) is 4.72 Å². The number of benzene rings is 1. The lowest BCUT2D eigenvalue weighted by Crippen LogP contribution is -2.43. The van der Waals surface area contributed by atoms with Gasteiger partial charge in [0.1, 0.15) is 12.2 Å². The smallest absolute Gasteiger partial charge is 0.313 e. The summed E-state index contributed by atoms with van der Waals surface area (Å²) in [6.07, 6.45) is 2.48. The fourth-order valence-electron chi connectivity index (χ4n) is 3.32. The Labute approximate surface area is 181 Å². The van der Waals surface area contributed by atoms with E-state index in [4.69, 9.17) is 4.74 Å². The predicted molar refractivity (Wildman–Crippen MR) is 120 cm³/mol. The molecule has 1 aromatic heterocycles. The number of ether oxygens (including phenoxy) is 1. The van der Waals surface area contributed by atoms with Crippen LogP contribution in [-0.4, -0.2) is 23.6 Å². The summed E-state index contributed by atoms with van der Waals surface area (Å²) in [4.78, 5) is 24.6. The average molecular weight is 432 g/mol. The number of hydrogen-bond acceptors (Lipinski definition) is 6. The molecule has 1 aromatic carbocycles. The summed E-state index contributed by atoms with van der Waals surface area (Å²) in [5.74, 6) is 0.0376. The minimum atomic E-state index is -0.703. The van der Waals surface area contributed by atoms with Crippen molar-refractivity contribution in [3.63, 3.8) is 0 Å². The molecule has 0 amide bonds. The molecular formula is C23H29NO3S2. The molecule has 2 aromatic rings. The highest BCUT2D eigenvalue weighted by Crippen LogP contribution is 2.43. The molecule has 29 heavy (non-hydrogen) atoms. The van der Waals surface area contributed by atoms with E-state index in [2.05, 4.69) is 61.2 Å². The van der Waals surface area contributed by atoms with Crippen LogP contribution in [0, 0.1) is 0 Å². The fourth-order valence-corrected chi connectivity index (χ4v) is 4.84. The van der Waals surface area contributed by atoms with Crippen molar-refractivity contribution >= 4 is 35.0 Å². The maximum atomic E-state index is 12.9. The van der Waals surface area contributed by atoms with Crippen molar-refractivity contribution in [2.75, 3.05) is 7.11 Å². The van der Waals surface area contributed by atoms with Gasteiger partial charge in [-0.2, -0.15) is 11.3 Å². The van der Waals surface area contributed by atoms with E-state index < -0.39 is 11.5 Å². The van der Waals surface area contributed by atoms with Crippen LogP contribution in [0.4, 0.5) is 0 Å². The van der Waals surface area contributed by atoms with E-state index in [0.29, 0.717) is 5.92 Å². The summed E-state index contributed by atoms with van der Waals surface area (Å²) < 4.78 is 8.30. The van der Waals surface area contributed by atoms with Crippen molar-refractivity contribution in [1.29, 1.82) is 0 Å². The second kappa shape index (κ2) is 9.02. The maximum absolute atomic E-state index is 12.9. The molecule has 1 N–H and O–H groups in total. The van der Waals surface area contributed by atoms with Crippen molar-refractivity contribution in [2.24, 2.45) is 0 Å². The van der Waals surface area contributed by atoms with E-state index in [1.807, 2.05) is 5.38 Å². The van der Waals surface area contributed by atoms with Gasteiger partial charge < -0.3 is 4.74 Å². The van der Waals surface area contributed by atoms with Crippen molar-refractivity contribution < 1.29 is 14.3 Å². The summed E-state index contributed by atoms with van der Waals surface area (Å²) in [6.45, 7) is 6.40. The largest absolute Gasteiger partial charge is 0.469 e. The quantitative estimate of drug-likeness (QED) is 0.326. The molecule has 156 valence electrons. The van der Waals surface area contributed by atoms with Crippen molar-refractivity contribution in [2.45, 2.75) is 62.7 Å². The van der Waals surface area contributed by atoms with Gasteiger partial charge in [0.25, 0.3) is 0 Å². The molecule has 1 heterocycles. The van der Waals surface area contributed by atoms with Crippen LogP contribution in [0.2, 0.25) is 0 Å². The monoisotopic (exact) mass is 431 g/mol. The lowest BCUT2D eigenvalue weighted by Gasteiger charge is -2.37. The van der Waals surface area contributed by atoms with Gasteiger partial charge in [-0.1, -0.05) is 36.2 Å². The van der Waals surface area contributed by atoms with Crippen molar-refractivity contribution in [3.05, 3.63) is 57.8 Å². The number of hydrogen-bond donors (Lipinski definition) is 1. The number of methoxy groups -OCH3 is 1. The molecule has 0 radical (unpaired) electrons. The van der Waals surface area contributed by atoms with E-state index in [-0.39, 0.29) is 23.4 Å². The molecular weight excluding hydrogens is 402 g/mol. The zero-order chi connectivity index (χ0) is 21.1. The molecule has 6 heteroatoms. The fraction of sp³-hybridized carbons (Fsp3) is 0.478. The molecule has 1 saturated carbocycles. The van der Waals surface area contributed by atoms with Gasteiger partial charge >= 0.3 is 5.97 Å². The number of carbonyl (C=O) groups excluding carboxylic acids is 2. The number of thiophene rings is 1. The molecule has 4 nitrogen and oxygen atoms in total. The second-order valence-corrected chi connectivity index (χ2v) is 11.0. The van der Waals surface area contributed by atoms with Crippen LogP contribution in [0.15, 0.2) is 41.1 Å². The van der Waals surface area contributed by atoms with E-state index >= 15 is 0 Å². The van der Waals surface area contributed by atoms with Gasteiger partial charge in [0.2, 0.25) is 0 Å². The third kappa shape index (κ3) is 5.71. The number of nitrogens with one attached hydrogen (secondary N) is 1. The Kier molecular flexibility index (Phi) is 6.87. The van der Waals surface area contributed by atoms with Gasteiger partial charge in [0.05, 0.1) is 12.6 Å². The topological polar surface area (TPSA) is 55.4 Å². The van der Waals surface area contributed by atoms with Crippen LogP contribution in [0.25, 0.3) is 0 Å². The molecule has 1 aliphatic rings. The minimum absolute atomic E-state index is 0.0411. The molecule has 1 fully saturated rings. The van der Waals surface area contributed by atoms with Gasteiger partial charge in [-0.3, -0.25) is 9.59 Å². The molecule has 3 rings (SSSR count). The van der Waals surface area contributed by atoms with E-state index in [0.717, 1.165) is 11.1 Å². The van der Waals surface area contributed by atoms with Gasteiger partial charge in [0, 0.05) is 11.2 Å². The number of esters is 1. The number of rotatable bonds is 9. The van der Waals surface area contributed by atoms with Gasteiger partial charge in [-0.05, 0) is 73.0 Å².